The Bertz CT molecular complexity index is 349. The van der Waals surface area contributed by atoms with Crippen molar-refractivity contribution >= 4 is 11.9 Å². The minimum atomic E-state index is -0.892. The van der Waals surface area contributed by atoms with Crippen LogP contribution >= 0.6 is 0 Å². The van der Waals surface area contributed by atoms with E-state index in [-0.39, 0.29) is 17.5 Å². The monoisotopic (exact) mass is 270 g/mol. The minimum Gasteiger partial charge on any atom is -0.480 e. The van der Waals surface area contributed by atoms with Crippen molar-refractivity contribution in [2.24, 2.45) is 0 Å². The van der Waals surface area contributed by atoms with Crippen molar-refractivity contribution in [2.45, 2.75) is 65.1 Å². The Labute approximate surface area is 115 Å². The molecule has 1 aliphatic rings. The zero-order chi connectivity index (χ0) is 14.8. The standard InChI is InChI=1S/C14H26N2O3/c1-6-16(14(3,4)5)10(2)12(17)15-9-7-8-11(15)13(18)19/h10-11H,6-9H2,1-5H3,(H,18,19). The van der Waals surface area contributed by atoms with Crippen LogP contribution in [-0.2, 0) is 9.59 Å². The molecule has 5 nitrogen and oxygen atoms in total. The summed E-state index contributed by atoms with van der Waals surface area (Å²) in [6.07, 6.45) is 1.34. The maximum atomic E-state index is 12.5. The summed E-state index contributed by atoms with van der Waals surface area (Å²) in [4.78, 5) is 27.3. The van der Waals surface area contributed by atoms with Crippen molar-refractivity contribution in [3.63, 3.8) is 0 Å². The first-order valence-electron chi connectivity index (χ1n) is 7.00. The van der Waals surface area contributed by atoms with Gasteiger partial charge in [-0.15, -0.1) is 0 Å². The molecule has 0 bridgehead atoms. The summed E-state index contributed by atoms with van der Waals surface area (Å²) in [5.74, 6) is -0.960. The Balaban J connectivity index is 2.84. The molecule has 2 atom stereocenters. The second-order valence-corrected chi connectivity index (χ2v) is 6.16. The number of rotatable bonds is 4. The number of nitrogens with zero attached hydrogens (tertiary/aromatic N) is 2. The minimum absolute atomic E-state index is 0.0679. The number of hydrogen-bond donors (Lipinski definition) is 1. The molecule has 0 radical (unpaired) electrons. The Morgan fingerprint density at radius 3 is 2.42 bits per heavy atom. The van der Waals surface area contributed by atoms with Crippen LogP contribution < -0.4 is 0 Å². The Kier molecular flexibility index (Phi) is 4.96. The summed E-state index contributed by atoms with van der Waals surface area (Å²) in [7, 11) is 0. The zero-order valence-corrected chi connectivity index (χ0v) is 12.6. The first-order chi connectivity index (χ1) is 8.70. The molecule has 110 valence electrons. The first-order valence-corrected chi connectivity index (χ1v) is 7.00. The van der Waals surface area contributed by atoms with Crippen molar-refractivity contribution in [1.29, 1.82) is 0 Å². The molecule has 0 aromatic carbocycles. The maximum absolute atomic E-state index is 12.5. The number of aliphatic carboxylic acids is 1. The largest absolute Gasteiger partial charge is 0.480 e. The van der Waals surface area contributed by atoms with E-state index in [1.54, 1.807) is 0 Å². The zero-order valence-electron chi connectivity index (χ0n) is 12.6. The molecule has 1 rings (SSSR count). The molecular formula is C14H26N2O3. The number of likely N-dealkylation sites (N-methyl/N-ethyl adjacent to an activating group) is 1. The highest BCUT2D eigenvalue weighted by molar-refractivity contribution is 5.87. The van der Waals surface area contributed by atoms with E-state index in [4.69, 9.17) is 5.11 Å². The number of carbonyl (C=O) groups excluding carboxylic acids is 1. The van der Waals surface area contributed by atoms with Crippen LogP contribution in [0.4, 0.5) is 0 Å². The van der Waals surface area contributed by atoms with E-state index < -0.39 is 12.0 Å². The molecular weight excluding hydrogens is 244 g/mol. The van der Waals surface area contributed by atoms with Crippen LogP contribution in [0.25, 0.3) is 0 Å². The third kappa shape index (κ3) is 3.47. The quantitative estimate of drug-likeness (QED) is 0.842. The van der Waals surface area contributed by atoms with E-state index in [0.29, 0.717) is 13.0 Å². The number of carbonyl (C=O) groups is 2. The maximum Gasteiger partial charge on any atom is 0.326 e. The second kappa shape index (κ2) is 5.90. The summed E-state index contributed by atoms with van der Waals surface area (Å²) >= 11 is 0. The lowest BCUT2D eigenvalue weighted by Gasteiger charge is -2.40. The number of amides is 1. The van der Waals surface area contributed by atoms with Gasteiger partial charge in [-0.05, 0) is 47.1 Å². The highest BCUT2D eigenvalue weighted by atomic mass is 16.4. The Hall–Kier alpha value is -1.10. The Morgan fingerprint density at radius 2 is 2.00 bits per heavy atom. The van der Waals surface area contributed by atoms with Gasteiger partial charge in [0.1, 0.15) is 6.04 Å². The molecule has 19 heavy (non-hydrogen) atoms. The van der Waals surface area contributed by atoms with Crippen LogP contribution in [-0.4, -0.2) is 57.5 Å². The number of likely N-dealkylation sites (tertiary alicyclic amines) is 1. The average molecular weight is 270 g/mol. The van der Waals surface area contributed by atoms with Gasteiger partial charge in [0.25, 0.3) is 0 Å². The Morgan fingerprint density at radius 1 is 1.42 bits per heavy atom. The predicted molar refractivity (Wildman–Crippen MR) is 74.0 cm³/mol. The molecule has 0 spiro atoms. The van der Waals surface area contributed by atoms with Crippen LogP contribution in [0.15, 0.2) is 0 Å². The molecule has 1 fully saturated rings. The number of carboxylic acids is 1. The van der Waals surface area contributed by atoms with Crippen LogP contribution in [0.1, 0.15) is 47.5 Å². The molecule has 0 aromatic heterocycles. The highest BCUT2D eigenvalue weighted by Gasteiger charge is 2.39. The first kappa shape index (κ1) is 16.0. The van der Waals surface area contributed by atoms with Gasteiger partial charge < -0.3 is 10.0 Å². The molecule has 1 amide bonds. The van der Waals surface area contributed by atoms with Gasteiger partial charge in [0.2, 0.25) is 5.91 Å². The molecule has 0 aromatic rings. The van der Waals surface area contributed by atoms with E-state index in [2.05, 4.69) is 25.7 Å². The molecule has 1 N–H and O–H groups in total. The summed E-state index contributed by atoms with van der Waals surface area (Å²) in [6, 6.07) is -0.932. The van der Waals surface area contributed by atoms with Crippen molar-refractivity contribution < 1.29 is 14.7 Å². The van der Waals surface area contributed by atoms with Crippen molar-refractivity contribution in [3.8, 4) is 0 Å². The van der Waals surface area contributed by atoms with Gasteiger partial charge in [0.05, 0.1) is 6.04 Å². The van der Waals surface area contributed by atoms with Gasteiger partial charge in [-0.2, -0.15) is 0 Å². The summed E-state index contributed by atoms with van der Waals surface area (Å²) in [6.45, 7) is 11.4. The topological polar surface area (TPSA) is 60.9 Å². The molecule has 0 aliphatic carbocycles. The van der Waals surface area contributed by atoms with Gasteiger partial charge >= 0.3 is 5.97 Å². The van der Waals surface area contributed by atoms with Gasteiger partial charge in [0, 0.05) is 12.1 Å². The SMILES string of the molecule is CCN(C(C)C(=O)N1CCCC1C(=O)O)C(C)(C)C. The lowest BCUT2D eigenvalue weighted by molar-refractivity contribution is -0.151. The van der Waals surface area contributed by atoms with Gasteiger partial charge in [0.15, 0.2) is 0 Å². The van der Waals surface area contributed by atoms with Gasteiger partial charge in [-0.3, -0.25) is 9.69 Å². The van der Waals surface area contributed by atoms with E-state index in [1.807, 2.05) is 13.8 Å². The van der Waals surface area contributed by atoms with E-state index in [0.717, 1.165) is 13.0 Å². The molecule has 1 aliphatic heterocycles. The molecule has 1 heterocycles. The van der Waals surface area contributed by atoms with Crippen molar-refractivity contribution in [3.05, 3.63) is 0 Å². The normalized spacial score (nSPS) is 21.8. The smallest absolute Gasteiger partial charge is 0.326 e. The molecule has 2 unspecified atom stereocenters. The average Bonchev–Trinajstić information content (AvgIpc) is 2.75. The van der Waals surface area contributed by atoms with E-state index >= 15 is 0 Å². The fourth-order valence-corrected chi connectivity index (χ4v) is 2.99. The summed E-state index contributed by atoms with van der Waals surface area (Å²) in [5.41, 5.74) is -0.109. The molecule has 1 saturated heterocycles. The lowest BCUT2D eigenvalue weighted by Crippen LogP contribution is -2.55. The fourth-order valence-electron chi connectivity index (χ4n) is 2.99. The fraction of sp³-hybridized carbons (Fsp3) is 0.857. The third-order valence-corrected chi connectivity index (χ3v) is 3.85. The van der Waals surface area contributed by atoms with Crippen molar-refractivity contribution in [2.75, 3.05) is 13.1 Å². The molecule has 0 saturated carbocycles. The van der Waals surface area contributed by atoms with Crippen LogP contribution in [0.2, 0.25) is 0 Å². The highest BCUT2D eigenvalue weighted by Crippen LogP contribution is 2.23. The number of carboxylic acid groups (broad SMARTS) is 1. The van der Waals surface area contributed by atoms with Crippen LogP contribution in [0.5, 0.6) is 0 Å². The van der Waals surface area contributed by atoms with Crippen LogP contribution in [0, 0.1) is 0 Å². The second-order valence-electron chi connectivity index (χ2n) is 6.16. The van der Waals surface area contributed by atoms with Gasteiger partial charge in [-0.1, -0.05) is 6.92 Å². The van der Waals surface area contributed by atoms with Gasteiger partial charge in [-0.25, -0.2) is 4.79 Å². The summed E-state index contributed by atoms with van der Waals surface area (Å²) in [5, 5.41) is 9.16. The van der Waals surface area contributed by atoms with Crippen molar-refractivity contribution in [1.82, 2.24) is 9.80 Å². The van der Waals surface area contributed by atoms with E-state index in [1.165, 1.54) is 4.90 Å². The van der Waals surface area contributed by atoms with Crippen LogP contribution in [0.3, 0.4) is 0 Å². The predicted octanol–water partition coefficient (Wildman–Crippen LogP) is 1.57. The van der Waals surface area contributed by atoms with E-state index in [9.17, 15) is 9.59 Å². The summed E-state index contributed by atoms with van der Waals surface area (Å²) < 4.78 is 0. The lowest BCUT2D eigenvalue weighted by atomic mass is 10.0. The molecule has 5 heteroatoms. The third-order valence-electron chi connectivity index (χ3n) is 3.85. The number of hydrogen-bond acceptors (Lipinski definition) is 3.